The standard InChI is InChI=1S/C54H70N8O10/c1-32(2)39(30-60-31-45(60)53(65)69-7)51(63)61-23-11-13-44(61)50-56-40-21-18-36(28-41(40)57-50)34-14-16-35(17-15-34)37-19-20-38(48(72-27-25-68-6)47(37)71-26-24-67-5)42-29-55-49(58-42)43-12-9-10-22-62(43)52(64)46(33(3)4)59-54(66)70-8/h14-21,28-29,32-33,39,43-46H,9-13,22-27,30-31H2,1-8H3,(H,55,58)(H,56,57)(H,59,66)/t39-,43-,44-,45?,46-,60?/m0/s1. The van der Waals surface area contributed by atoms with Crippen molar-refractivity contribution in [1.29, 1.82) is 0 Å². The Morgan fingerprint density at radius 2 is 1.33 bits per heavy atom. The first kappa shape index (κ1) is 51.8. The predicted molar refractivity (Wildman–Crippen MR) is 271 cm³/mol. The number of amides is 3. The zero-order valence-electron chi connectivity index (χ0n) is 42.8. The van der Waals surface area contributed by atoms with E-state index in [2.05, 4.69) is 65.5 Å². The number of hydrogen-bond acceptors (Lipinski definition) is 13. The Hall–Kier alpha value is -6.50. The number of nitrogens with one attached hydrogen (secondary N) is 3. The number of carbonyl (C=O) groups is 4. The molecular formula is C54H70N8O10. The molecule has 0 bridgehead atoms. The minimum absolute atomic E-state index is 0.0967. The molecule has 6 atom stereocenters. The van der Waals surface area contributed by atoms with Crippen LogP contribution >= 0.6 is 0 Å². The van der Waals surface area contributed by atoms with Gasteiger partial charge in [0, 0.05) is 51.5 Å². The van der Waals surface area contributed by atoms with Crippen LogP contribution in [0.2, 0.25) is 0 Å². The molecule has 18 nitrogen and oxygen atoms in total. The fraction of sp³-hybridized carbons (Fsp3) is 0.519. The second-order valence-electron chi connectivity index (χ2n) is 19.5. The number of imidazole rings is 2. The zero-order valence-corrected chi connectivity index (χ0v) is 42.8. The van der Waals surface area contributed by atoms with Gasteiger partial charge in [-0.25, -0.2) is 14.8 Å². The van der Waals surface area contributed by atoms with Gasteiger partial charge in [0.1, 0.15) is 36.9 Å². The Labute approximate surface area is 421 Å². The number of nitrogens with zero attached hydrogens (tertiary/aromatic N) is 5. The fourth-order valence-electron chi connectivity index (χ4n) is 10.0. The number of alkyl carbamates (subject to hydrolysis) is 1. The van der Waals surface area contributed by atoms with Crippen molar-refractivity contribution in [3.8, 4) is 45.0 Å². The maximum atomic E-state index is 14.1. The Morgan fingerprint density at radius 1 is 0.694 bits per heavy atom. The lowest BCUT2D eigenvalue weighted by Gasteiger charge is -2.37. The van der Waals surface area contributed by atoms with Crippen molar-refractivity contribution >= 4 is 34.9 Å². The third kappa shape index (κ3) is 11.4. The number of rotatable bonds is 21. The van der Waals surface area contributed by atoms with Gasteiger partial charge in [0.05, 0.1) is 68.4 Å². The first-order valence-corrected chi connectivity index (χ1v) is 25.2. The van der Waals surface area contributed by atoms with Crippen molar-refractivity contribution in [1.82, 2.24) is 40.0 Å². The molecule has 2 aromatic heterocycles. The van der Waals surface area contributed by atoms with Crippen LogP contribution in [0, 0.1) is 17.8 Å². The van der Waals surface area contributed by atoms with Gasteiger partial charge < -0.3 is 53.5 Å². The quantitative estimate of drug-likeness (QED) is 0.0370. The zero-order chi connectivity index (χ0) is 51.1. The lowest BCUT2D eigenvalue weighted by atomic mass is 9.93. The van der Waals surface area contributed by atoms with Crippen LogP contribution in [0.4, 0.5) is 4.79 Å². The van der Waals surface area contributed by atoms with Crippen LogP contribution in [-0.4, -0.2) is 152 Å². The number of benzene rings is 3. The van der Waals surface area contributed by atoms with E-state index in [9.17, 15) is 19.2 Å². The highest BCUT2D eigenvalue weighted by atomic mass is 16.6. The summed E-state index contributed by atoms with van der Waals surface area (Å²) in [5.74, 6) is 1.82. The summed E-state index contributed by atoms with van der Waals surface area (Å²) in [6.07, 6.45) is 5.28. The maximum absolute atomic E-state index is 14.1. The number of ether oxygens (including phenoxy) is 6. The molecular weight excluding hydrogens is 921 g/mol. The minimum atomic E-state index is -0.756. The molecule has 3 saturated heterocycles. The van der Waals surface area contributed by atoms with E-state index in [0.29, 0.717) is 68.8 Å². The van der Waals surface area contributed by atoms with Gasteiger partial charge >= 0.3 is 12.1 Å². The van der Waals surface area contributed by atoms with Crippen LogP contribution in [0.1, 0.15) is 83.5 Å². The molecule has 0 aliphatic carbocycles. The number of carbonyl (C=O) groups excluding carboxylic acids is 4. The molecule has 3 N–H and O–H groups in total. The Balaban J connectivity index is 1.05. The maximum Gasteiger partial charge on any atom is 0.407 e. The largest absolute Gasteiger partial charge is 0.487 e. The number of fused-ring (bicyclic) bond motifs is 1. The van der Waals surface area contributed by atoms with Gasteiger partial charge in [0.2, 0.25) is 11.8 Å². The molecule has 0 radical (unpaired) electrons. The first-order valence-electron chi connectivity index (χ1n) is 25.2. The summed E-state index contributed by atoms with van der Waals surface area (Å²) < 4.78 is 33.6. The predicted octanol–water partition coefficient (Wildman–Crippen LogP) is 7.56. The summed E-state index contributed by atoms with van der Waals surface area (Å²) in [6.45, 7) is 11.5. The van der Waals surface area contributed by atoms with Gasteiger partial charge in [-0.05, 0) is 84.9 Å². The number of methoxy groups -OCH3 is 4. The topological polar surface area (TPSA) is 203 Å². The highest BCUT2D eigenvalue weighted by Crippen LogP contribution is 2.46. The lowest BCUT2D eigenvalue weighted by Crippen LogP contribution is -2.53. The number of aromatic nitrogens is 4. The van der Waals surface area contributed by atoms with Crippen molar-refractivity contribution in [2.24, 2.45) is 17.8 Å². The van der Waals surface area contributed by atoms with E-state index >= 15 is 0 Å². The number of likely N-dealkylation sites (tertiary alicyclic amines) is 2. The second-order valence-corrected chi connectivity index (χ2v) is 19.5. The molecule has 3 aliphatic heterocycles. The number of H-pyrrole nitrogens is 2. The average molecular weight is 991 g/mol. The normalized spacial score (nSPS) is 19.6. The smallest absolute Gasteiger partial charge is 0.407 e. The first-order chi connectivity index (χ1) is 34.8. The SMILES string of the molecule is COCCOc1c(-c2ccc(-c3ccc4nc([C@@H]5CCCN5C(=O)[C@@H](CN5CC5C(=O)OC)C(C)C)[nH]c4c3)cc2)ccc(-c2cnc([C@@H]3CCCCN3C(=O)[C@@H](NC(=O)OC)C(C)C)[nH]2)c1OCCOC. The summed E-state index contributed by atoms with van der Waals surface area (Å²) in [5, 5.41) is 2.73. The Morgan fingerprint density at radius 3 is 2.01 bits per heavy atom. The third-order valence-electron chi connectivity index (χ3n) is 14.2. The van der Waals surface area contributed by atoms with Crippen molar-refractivity contribution in [3.63, 3.8) is 0 Å². The van der Waals surface area contributed by atoms with Gasteiger partial charge in [-0.2, -0.15) is 0 Å². The molecule has 5 aromatic rings. The minimum Gasteiger partial charge on any atom is -0.487 e. The van der Waals surface area contributed by atoms with Crippen LogP contribution in [-0.2, 0) is 33.3 Å². The number of hydrogen-bond donors (Lipinski definition) is 3. The lowest BCUT2D eigenvalue weighted by molar-refractivity contribution is -0.142. The monoisotopic (exact) mass is 991 g/mol. The van der Waals surface area contributed by atoms with Crippen LogP contribution in [0.5, 0.6) is 11.5 Å². The van der Waals surface area contributed by atoms with E-state index in [1.807, 2.05) is 46.7 Å². The number of aromatic amines is 2. The third-order valence-corrected chi connectivity index (χ3v) is 14.2. The number of piperidine rings is 1. The Kier molecular flexibility index (Phi) is 16.8. The molecule has 18 heteroatoms. The van der Waals surface area contributed by atoms with Crippen molar-refractivity contribution in [2.45, 2.75) is 84.0 Å². The van der Waals surface area contributed by atoms with Crippen molar-refractivity contribution in [2.75, 3.05) is 81.0 Å². The molecule has 2 unspecified atom stereocenters. The van der Waals surface area contributed by atoms with E-state index in [0.717, 1.165) is 70.4 Å². The van der Waals surface area contributed by atoms with Crippen LogP contribution in [0.3, 0.4) is 0 Å². The molecule has 3 aromatic carbocycles. The molecule has 3 fully saturated rings. The van der Waals surface area contributed by atoms with Crippen molar-refractivity contribution < 1.29 is 47.6 Å². The van der Waals surface area contributed by atoms with Crippen LogP contribution < -0.4 is 14.8 Å². The molecule has 386 valence electrons. The molecule has 72 heavy (non-hydrogen) atoms. The average Bonchev–Trinajstić information content (AvgIpc) is 3.71. The van der Waals surface area contributed by atoms with Gasteiger partial charge in [0.25, 0.3) is 0 Å². The molecule has 5 heterocycles. The van der Waals surface area contributed by atoms with Crippen LogP contribution in [0.15, 0.2) is 60.8 Å². The highest BCUT2D eigenvalue weighted by Gasteiger charge is 2.46. The second kappa shape index (κ2) is 23.4. The van der Waals surface area contributed by atoms with E-state index in [-0.39, 0.29) is 66.9 Å². The van der Waals surface area contributed by atoms with E-state index in [1.165, 1.54) is 14.2 Å². The van der Waals surface area contributed by atoms with Gasteiger partial charge in [-0.3, -0.25) is 19.3 Å². The highest BCUT2D eigenvalue weighted by molar-refractivity contribution is 5.88. The summed E-state index contributed by atoms with van der Waals surface area (Å²) in [7, 11) is 5.94. The molecule has 0 saturated carbocycles. The fourth-order valence-corrected chi connectivity index (χ4v) is 10.0. The van der Waals surface area contributed by atoms with Gasteiger partial charge in [-0.15, -0.1) is 0 Å². The van der Waals surface area contributed by atoms with E-state index in [4.69, 9.17) is 38.4 Å². The molecule has 3 amide bonds. The molecule has 3 aliphatic rings. The summed E-state index contributed by atoms with van der Waals surface area (Å²) in [4.78, 5) is 75.3. The summed E-state index contributed by atoms with van der Waals surface area (Å²) in [5.41, 5.74) is 6.86. The van der Waals surface area contributed by atoms with Gasteiger partial charge in [0.15, 0.2) is 11.5 Å². The molecule has 0 spiro atoms. The molecule has 8 rings (SSSR count). The van der Waals surface area contributed by atoms with E-state index in [1.54, 1.807) is 20.4 Å². The Bertz CT molecular complexity index is 2680. The summed E-state index contributed by atoms with van der Waals surface area (Å²) >= 11 is 0. The summed E-state index contributed by atoms with van der Waals surface area (Å²) in [6, 6.07) is 17.0. The van der Waals surface area contributed by atoms with Crippen molar-refractivity contribution in [3.05, 3.63) is 72.4 Å². The van der Waals surface area contributed by atoms with Gasteiger partial charge in [-0.1, -0.05) is 58.0 Å². The van der Waals surface area contributed by atoms with E-state index < -0.39 is 12.1 Å². The number of esters is 1. The van der Waals surface area contributed by atoms with Crippen LogP contribution in [0.25, 0.3) is 44.5 Å².